The summed E-state index contributed by atoms with van der Waals surface area (Å²) in [6, 6.07) is 0.804. The number of hydrogen-bond acceptors (Lipinski definition) is 1. The van der Waals surface area contributed by atoms with E-state index >= 15 is 0 Å². The molecule has 0 spiro atoms. The molecule has 0 amide bonds. The first-order valence-corrected chi connectivity index (χ1v) is 5.81. The second-order valence-electron chi connectivity index (χ2n) is 5.07. The zero-order chi connectivity index (χ0) is 9.35. The van der Waals surface area contributed by atoms with Gasteiger partial charge in [-0.05, 0) is 24.2 Å². The van der Waals surface area contributed by atoms with E-state index in [-0.39, 0.29) is 0 Å². The van der Waals surface area contributed by atoms with E-state index in [4.69, 9.17) is 0 Å². The lowest BCUT2D eigenvalue weighted by Gasteiger charge is -2.42. The highest BCUT2D eigenvalue weighted by atomic mass is 127. The monoisotopic (exact) mass is 281 g/mol. The Kier molecular flexibility index (Phi) is 3.43. The molecule has 0 saturated carbocycles. The van der Waals surface area contributed by atoms with E-state index in [1.165, 1.54) is 19.4 Å². The van der Waals surface area contributed by atoms with Crippen molar-refractivity contribution < 1.29 is 0 Å². The largest absolute Gasteiger partial charge is 0.244 e. The Labute approximate surface area is 90.4 Å². The fraction of sp³-hybridized carbons (Fsp3) is 1.00. The van der Waals surface area contributed by atoms with E-state index in [9.17, 15) is 0 Å². The van der Waals surface area contributed by atoms with Crippen molar-refractivity contribution >= 4 is 22.9 Å². The molecule has 1 aliphatic heterocycles. The minimum absolute atomic E-state index is 0.534. The molecule has 0 bridgehead atoms. The van der Waals surface area contributed by atoms with Crippen LogP contribution in [0.4, 0.5) is 0 Å². The van der Waals surface area contributed by atoms with Gasteiger partial charge in [0.2, 0.25) is 0 Å². The summed E-state index contributed by atoms with van der Waals surface area (Å²) in [6.07, 6.45) is 2.75. The van der Waals surface area contributed by atoms with Crippen LogP contribution in [0, 0.1) is 11.3 Å². The van der Waals surface area contributed by atoms with Gasteiger partial charge in [-0.15, -0.1) is 0 Å². The van der Waals surface area contributed by atoms with Gasteiger partial charge in [-0.3, -0.25) is 0 Å². The van der Waals surface area contributed by atoms with Crippen LogP contribution in [0.1, 0.15) is 40.5 Å². The average molecular weight is 281 g/mol. The minimum Gasteiger partial charge on any atom is -0.244 e. The van der Waals surface area contributed by atoms with Gasteiger partial charge < -0.3 is 0 Å². The molecular formula is C10H20IN. The maximum absolute atomic E-state index is 2.51. The highest BCUT2D eigenvalue weighted by molar-refractivity contribution is 14.1. The second-order valence-corrected chi connectivity index (χ2v) is 6.31. The summed E-state index contributed by atoms with van der Waals surface area (Å²) < 4.78 is 2.51. The zero-order valence-electron chi connectivity index (χ0n) is 8.60. The third kappa shape index (κ3) is 2.59. The van der Waals surface area contributed by atoms with Crippen LogP contribution in [-0.4, -0.2) is 15.7 Å². The van der Waals surface area contributed by atoms with Gasteiger partial charge in [-0.1, -0.05) is 27.7 Å². The van der Waals surface area contributed by atoms with E-state index in [2.05, 4.69) is 53.7 Å². The minimum atomic E-state index is 0.534. The highest BCUT2D eigenvalue weighted by Crippen LogP contribution is 2.36. The Morgan fingerprint density at radius 2 is 2.00 bits per heavy atom. The van der Waals surface area contributed by atoms with Crippen LogP contribution >= 0.6 is 22.9 Å². The highest BCUT2D eigenvalue weighted by Gasteiger charge is 2.32. The Balaban J connectivity index is 2.54. The molecule has 1 unspecified atom stereocenters. The lowest BCUT2D eigenvalue weighted by atomic mass is 9.80. The third-order valence-corrected chi connectivity index (χ3v) is 3.88. The van der Waals surface area contributed by atoms with Gasteiger partial charge in [0.1, 0.15) is 0 Å². The SMILES string of the molecule is CC(C)C1CCC(C)(C)CN1I. The summed E-state index contributed by atoms with van der Waals surface area (Å²) in [6.45, 7) is 10.6. The molecule has 1 fully saturated rings. The van der Waals surface area contributed by atoms with E-state index in [1.807, 2.05) is 0 Å². The van der Waals surface area contributed by atoms with Crippen LogP contribution in [0.15, 0.2) is 0 Å². The Morgan fingerprint density at radius 3 is 2.42 bits per heavy atom. The van der Waals surface area contributed by atoms with E-state index < -0.39 is 0 Å². The molecule has 2 heteroatoms. The molecule has 0 aliphatic carbocycles. The molecule has 1 nitrogen and oxygen atoms in total. The lowest BCUT2D eigenvalue weighted by Crippen LogP contribution is -2.43. The fourth-order valence-electron chi connectivity index (χ4n) is 1.94. The fourth-order valence-corrected chi connectivity index (χ4v) is 3.79. The zero-order valence-corrected chi connectivity index (χ0v) is 10.8. The van der Waals surface area contributed by atoms with Gasteiger partial charge in [0.15, 0.2) is 0 Å². The Hall–Kier alpha value is 0.690. The number of rotatable bonds is 1. The van der Waals surface area contributed by atoms with Gasteiger partial charge in [-0.25, -0.2) is 3.11 Å². The van der Waals surface area contributed by atoms with Crippen molar-refractivity contribution in [3.63, 3.8) is 0 Å². The summed E-state index contributed by atoms with van der Waals surface area (Å²) in [5.41, 5.74) is 0.534. The molecule has 0 N–H and O–H groups in total. The summed E-state index contributed by atoms with van der Waals surface area (Å²) >= 11 is 2.49. The van der Waals surface area contributed by atoms with Crippen LogP contribution in [-0.2, 0) is 0 Å². The predicted octanol–water partition coefficient (Wildman–Crippen LogP) is 3.48. The average Bonchev–Trinajstić information content (AvgIpc) is 1.83. The van der Waals surface area contributed by atoms with Crippen LogP contribution in [0.3, 0.4) is 0 Å². The predicted molar refractivity (Wildman–Crippen MR) is 62.4 cm³/mol. The smallest absolute Gasteiger partial charge is 0.0217 e. The molecule has 0 radical (unpaired) electrons. The van der Waals surface area contributed by atoms with Crippen molar-refractivity contribution in [2.45, 2.75) is 46.6 Å². The normalized spacial score (nSPS) is 31.0. The summed E-state index contributed by atoms with van der Waals surface area (Å²) in [4.78, 5) is 0. The Morgan fingerprint density at radius 1 is 1.42 bits per heavy atom. The molecule has 72 valence electrons. The van der Waals surface area contributed by atoms with Crippen molar-refractivity contribution in [3.05, 3.63) is 0 Å². The van der Waals surface area contributed by atoms with Crippen LogP contribution in [0.25, 0.3) is 0 Å². The summed E-state index contributed by atoms with van der Waals surface area (Å²) in [7, 11) is 0. The van der Waals surface area contributed by atoms with Gasteiger partial charge in [0.05, 0.1) is 0 Å². The first-order chi connectivity index (χ1) is 5.42. The Bertz CT molecular complexity index is 154. The molecule has 1 aliphatic rings. The number of hydrogen-bond donors (Lipinski definition) is 0. The molecule has 1 rings (SSSR count). The van der Waals surface area contributed by atoms with Crippen LogP contribution < -0.4 is 0 Å². The lowest BCUT2D eigenvalue weighted by molar-refractivity contribution is 0.133. The van der Waals surface area contributed by atoms with Crippen molar-refractivity contribution in [2.75, 3.05) is 6.54 Å². The maximum Gasteiger partial charge on any atom is 0.0217 e. The molecule has 12 heavy (non-hydrogen) atoms. The van der Waals surface area contributed by atoms with Crippen molar-refractivity contribution in [1.29, 1.82) is 0 Å². The van der Waals surface area contributed by atoms with Gasteiger partial charge in [0, 0.05) is 35.5 Å². The molecule has 0 aromatic heterocycles. The van der Waals surface area contributed by atoms with Gasteiger partial charge in [-0.2, -0.15) is 0 Å². The quantitative estimate of drug-likeness (QED) is 0.525. The molecule has 0 aromatic carbocycles. The van der Waals surface area contributed by atoms with Gasteiger partial charge in [0.25, 0.3) is 0 Å². The second kappa shape index (κ2) is 3.82. The van der Waals surface area contributed by atoms with E-state index in [0.717, 1.165) is 12.0 Å². The maximum atomic E-state index is 2.51. The molecule has 0 aromatic rings. The van der Waals surface area contributed by atoms with Crippen LogP contribution in [0.2, 0.25) is 0 Å². The molecule has 1 saturated heterocycles. The first kappa shape index (κ1) is 10.8. The van der Waals surface area contributed by atoms with E-state index in [1.54, 1.807) is 0 Å². The van der Waals surface area contributed by atoms with Crippen molar-refractivity contribution in [1.82, 2.24) is 3.11 Å². The van der Waals surface area contributed by atoms with Crippen molar-refractivity contribution in [2.24, 2.45) is 11.3 Å². The summed E-state index contributed by atoms with van der Waals surface area (Å²) in [5, 5.41) is 0. The summed E-state index contributed by atoms with van der Waals surface area (Å²) in [5.74, 6) is 0.804. The molecule has 1 heterocycles. The first-order valence-electron chi connectivity index (χ1n) is 4.85. The van der Waals surface area contributed by atoms with E-state index in [0.29, 0.717) is 5.41 Å². The number of piperidine rings is 1. The molecule has 1 atom stereocenters. The van der Waals surface area contributed by atoms with Crippen LogP contribution in [0.5, 0.6) is 0 Å². The molecular weight excluding hydrogens is 261 g/mol. The standard InChI is InChI=1S/C10H20IN/c1-8(2)9-5-6-10(3,4)7-12(9)11/h8-9H,5-7H2,1-4H3. The third-order valence-electron chi connectivity index (χ3n) is 2.83. The van der Waals surface area contributed by atoms with Gasteiger partial charge >= 0.3 is 0 Å². The van der Waals surface area contributed by atoms with Crippen molar-refractivity contribution in [3.8, 4) is 0 Å². The topological polar surface area (TPSA) is 3.24 Å². The number of halogens is 1. The number of nitrogens with zero attached hydrogens (tertiary/aromatic N) is 1.